The van der Waals surface area contributed by atoms with E-state index in [0.717, 1.165) is 6.20 Å². The highest BCUT2D eigenvalue weighted by Gasteiger charge is 2.35. The highest BCUT2D eigenvalue weighted by molar-refractivity contribution is 6.30. The van der Waals surface area contributed by atoms with Crippen molar-refractivity contribution in [1.29, 1.82) is 0 Å². The van der Waals surface area contributed by atoms with Crippen molar-refractivity contribution in [3.8, 4) is 11.1 Å². The molecule has 180 valence electrons. The first-order valence-corrected chi connectivity index (χ1v) is 10.6. The van der Waals surface area contributed by atoms with Gasteiger partial charge >= 0.3 is 5.97 Å². The quantitative estimate of drug-likeness (QED) is 0.236. The molecule has 0 aliphatic heterocycles. The SMILES string of the molecule is CCOC(=O)[C@](C)(O)CN(Cc1ccc(-c2cc(Cl)ccc2F)cc1)NC(=O)c1cn(O)nn1. The molecule has 0 radical (unpaired) electrons. The van der Waals surface area contributed by atoms with E-state index in [9.17, 15) is 24.3 Å². The predicted molar refractivity (Wildman–Crippen MR) is 119 cm³/mol. The van der Waals surface area contributed by atoms with E-state index < -0.39 is 23.3 Å². The number of benzene rings is 2. The van der Waals surface area contributed by atoms with Gasteiger partial charge in [-0.1, -0.05) is 40.7 Å². The zero-order chi connectivity index (χ0) is 24.9. The van der Waals surface area contributed by atoms with E-state index in [2.05, 4.69) is 15.7 Å². The number of halogens is 2. The predicted octanol–water partition coefficient (Wildman–Crippen LogP) is 2.44. The van der Waals surface area contributed by atoms with E-state index in [0.29, 0.717) is 26.6 Å². The summed E-state index contributed by atoms with van der Waals surface area (Å²) >= 11 is 5.98. The van der Waals surface area contributed by atoms with E-state index >= 15 is 0 Å². The second-order valence-corrected chi connectivity index (χ2v) is 8.07. The Morgan fingerprint density at radius 2 is 1.97 bits per heavy atom. The number of esters is 1. The van der Waals surface area contributed by atoms with Crippen molar-refractivity contribution in [2.75, 3.05) is 13.2 Å². The first-order valence-electron chi connectivity index (χ1n) is 10.2. The van der Waals surface area contributed by atoms with Gasteiger partial charge in [0.15, 0.2) is 11.3 Å². The van der Waals surface area contributed by atoms with Gasteiger partial charge in [-0.25, -0.2) is 14.2 Å². The summed E-state index contributed by atoms with van der Waals surface area (Å²) in [4.78, 5) is 25.0. The van der Waals surface area contributed by atoms with Crippen LogP contribution in [-0.4, -0.2) is 61.1 Å². The number of nitrogens with zero attached hydrogens (tertiary/aromatic N) is 4. The highest BCUT2D eigenvalue weighted by Crippen LogP contribution is 2.26. The summed E-state index contributed by atoms with van der Waals surface area (Å²) < 4.78 is 19.1. The molecule has 34 heavy (non-hydrogen) atoms. The maximum atomic E-state index is 14.2. The largest absolute Gasteiger partial charge is 0.464 e. The molecule has 1 atom stereocenters. The number of rotatable bonds is 9. The lowest BCUT2D eigenvalue weighted by molar-refractivity contribution is -0.165. The molecule has 0 aliphatic carbocycles. The molecular weight excluding hydrogens is 469 g/mol. The summed E-state index contributed by atoms with van der Waals surface area (Å²) in [6.45, 7) is 2.68. The summed E-state index contributed by atoms with van der Waals surface area (Å²) in [6, 6.07) is 11.0. The molecule has 3 N–H and O–H groups in total. The third-order valence-electron chi connectivity index (χ3n) is 4.75. The topological polar surface area (TPSA) is 130 Å². The van der Waals surface area contributed by atoms with E-state index in [1.165, 1.54) is 30.1 Å². The van der Waals surface area contributed by atoms with E-state index in [-0.39, 0.29) is 25.4 Å². The van der Waals surface area contributed by atoms with Gasteiger partial charge < -0.3 is 15.1 Å². The fourth-order valence-electron chi connectivity index (χ4n) is 3.15. The Morgan fingerprint density at radius 3 is 2.59 bits per heavy atom. The van der Waals surface area contributed by atoms with Gasteiger partial charge in [0.05, 0.1) is 19.3 Å². The van der Waals surface area contributed by atoms with Gasteiger partial charge in [-0.3, -0.25) is 10.2 Å². The van der Waals surface area contributed by atoms with E-state index in [1.807, 2.05) is 0 Å². The number of aliphatic hydroxyl groups is 1. The van der Waals surface area contributed by atoms with Gasteiger partial charge in [0, 0.05) is 17.1 Å². The number of carbonyl (C=O) groups is 2. The van der Waals surface area contributed by atoms with Crippen LogP contribution in [0.4, 0.5) is 4.39 Å². The van der Waals surface area contributed by atoms with Crippen LogP contribution < -0.4 is 5.43 Å². The smallest absolute Gasteiger partial charge is 0.339 e. The molecule has 2 aromatic carbocycles. The zero-order valence-corrected chi connectivity index (χ0v) is 19.2. The van der Waals surface area contributed by atoms with Gasteiger partial charge in [-0.05, 0) is 48.4 Å². The van der Waals surface area contributed by atoms with Crippen molar-refractivity contribution in [2.24, 2.45) is 0 Å². The molecule has 10 nitrogen and oxygen atoms in total. The monoisotopic (exact) mass is 491 g/mol. The molecule has 0 spiro atoms. The Balaban J connectivity index is 1.81. The summed E-state index contributed by atoms with van der Waals surface area (Å²) in [5.74, 6) is -2.01. The molecule has 0 saturated heterocycles. The Bertz CT molecular complexity index is 1170. The maximum Gasteiger partial charge on any atom is 0.339 e. The fourth-order valence-corrected chi connectivity index (χ4v) is 3.32. The van der Waals surface area contributed by atoms with Crippen LogP contribution in [0.15, 0.2) is 48.7 Å². The zero-order valence-electron chi connectivity index (χ0n) is 18.4. The molecule has 0 bridgehead atoms. The summed E-state index contributed by atoms with van der Waals surface area (Å²) in [6.07, 6.45) is 0.991. The average Bonchev–Trinajstić information content (AvgIpc) is 3.22. The van der Waals surface area contributed by atoms with E-state index in [4.69, 9.17) is 16.3 Å². The third kappa shape index (κ3) is 6.28. The Hall–Kier alpha value is -3.54. The highest BCUT2D eigenvalue weighted by atomic mass is 35.5. The number of hydrogen-bond donors (Lipinski definition) is 3. The molecule has 1 heterocycles. The minimum Gasteiger partial charge on any atom is -0.464 e. The number of aromatic nitrogens is 3. The molecule has 3 aromatic rings. The molecule has 0 unspecified atom stereocenters. The van der Waals surface area contributed by atoms with Crippen LogP contribution in [0.25, 0.3) is 11.1 Å². The van der Waals surface area contributed by atoms with Gasteiger partial charge in [0.2, 0.25) is 0 Å². The molecule has 0 fully saturated rings. The minimum atomic E-state index is -1.94. The summed E-state index contributed by atoms with van der Waals surface area (Å²) in [5, 5.41) is 28.4. The van der Waals surface area contributed by atoms with Crippen LogP contribution in [-0.2, 0) is 16.1 Å². The Morgan fingerprint density at radius 1 is 1.26 bits per heavy atom. The van der Waals surface area contributed by atoms with Crippen molar-refractivity contribution in [3.63, 3.8) is 0 Å². The lowest BCUT2D eigenvalue weighted by Gasteiger charge is -2.30. The van der Waals surface area contributed by atoms with Crippen LogP contribution in [0.3, 0.4) is 0 Å². The molecule has 0 aliphatic rings. The number of nitrogens with one attached hydrogen (secondary N) is 1. The van der Waals surface area contributed by atoms with Gasteiger partial charge in [-0.15, -0.1) is 5.10 Å². The van der Waals surface area contributed by atoms with Crippen molar-refractivity contribution < 1.29 is 29.0 Å². The van der Waals surface area contributed by atoms with Crippen molar-refractivity contribution in [2.45, 2.75) is 26.0 Å². The number of carbonyl (C=O) groups excluding carboxylic acids is 2. The summed E-state index contributed by atoms with van der Waals surface area (Å²) in [5.41, 5.74) is 2.01. The van der Waals surface area contributed by atoms with Crippen molar-refractivity contribution >= 4 is 23.5 Å². The van der Waals surface area contributed by atoms with Crippen LogP contribution in [0.5, 0.6) is 0 Å². The molecule has 1 aromatic heterocycles. The second-order valence-electron chi connectivity index (χ2n) is 7.64. The average molecular weight is 492 g/mol. The summed E-state index contributed by atoms with van der Waals surface area (Å²) in [7, 11) is 0. The van der Waals surface area contributed by atoms with Crippen molar-refractivity contribution in [3.05, 3.63) is 70.8 Å². The molecule has 1 amide bonds. The molecule has 3 rings (SSSR count). The molecular formula is C22H23ClFN5O5. The van der Waals surface area contributed by atoms with Crippen LogP contribution in [0.2, 0.25) is 5.02 Å². The van der Waals surface area contributed by atoms with Gasteiger partial charge in [-0.2, -0.15) is 0 Å². The number of ether oxygens (including phenoxy) is 1. The molecule has 12 heteroatoms. The standard InChI is InChI=1S/C22H23ClFN5O5/c1-3-34-21(31)22(2,32)13-28(26-20(30)19-12-29(33)27-25-19)11-14-4-6-15(7-5-14)17-10-16(23)8-9-18(17)24/h4-10,12,32-33H,3,11,13H2,1-2H3,(H,26,30)/t22-/m1/s1. The Labute approximate surface area is 199 Å². The first kappa shape index (κ1) is 25.1. The van der Waals surface area contributed by atoms with Gasteiger partial charge in [0.1, 0.15) is 5.82 Å². The fraction of sp³-hybridized carbons (Fsp3) is 0.273. The van der Waals surface area contributed by atoms with Crippen LogP contribution in [0.1, 0.15) is 29.9 Å². The van der Waals surface area contributed by atoms with Crippen molar-refractivity contribution in [1.82, 2.24) is 25.6 Å². The van der Waals surface area contributed by atoms with E-state index in [1.54, 1.807) is 31.2 Å². The maximum absolute atomic E-state index is 14.2. The second kappa shape index (κ2) is 10.6. The van der Waals surface area contributed by atoms with Crippen LogP contribution >= 0.6 is 11.6 Å². The first-order chi connectivity index (χ1) is 16.1. The Kier molecular flexibility index (Phi) is 7.82. The van der Waals surface area contributed by atoms with Crippen LogP contribution in [0, 0.1) is 5.82 Å². The lowest BCUT2D eigenvalue weighted by Crippen LogP contribution is -2.53. The number of hydrazine groups is 1. The normalized spacial score (nSPS) is 12.9. The molecule has 0 saturated carbocycles. The number of amides is 1. The number of hydrogen-bond acceptors (Lipinski definition) is 8. The minimum absolute atomic E-state index is 0.0624. The third-order valence-corrected chi connectivity index (χ3v) is 4.99. The lowest BCUT2D eigenvalue weighted by atomic mass is 10.0. The van der Waals surface area contributed by atoms with Gasteiger partial charge in [0.25, 0.3) is 5.91 Å².